The summed E-state index contributed by atoms with van der Waals surface area (Å²) in [5, 5.41) is 17.5. The van der Waals surface area contributed by atoms with Crippen molar-refractivity contribution in [2.45, 2.75) is 0 Å². The van der Waals surface area contributed by atoms with Crippen molar-refractivity contribution >= 4 is 164 Å². The van der Waals surface area contributed by atoms with Gasteiger partial charge in [-0.2, -0.15) is 0 Å². The maximum absolute atomic E-state index is 6.33. The molecule has 0 atom stereocenters. The van der Waals surface area contributed by atoms with E-state index in [1.807, 2.05) is 285 Å². The van der Waals surface area contributed by atoms with Crippen LogP contribution in [-0.4, -0.2) is 59.8 Å². The Morgan fingerprint density at radius 2 is 0.468 bits per heavy atom. The average molecular weight is 1620 g/mol. The number of nitrogens with zero attached hydrogens (tertiary/aromatic N) is 12. The number of furan rings is 6. The van der Waals surface area contributed by atoms with E-state index in [1.54, 1.807) is 18.6 Å². The van der Waals surface area contributed by atoms with Crippen molar-refractivity contribution in [3.63, 3.8) is 0 Å². The first-order valence-corrected chi connectivity index (χ1v) is 41.1. The lowest BCUT2D eigenvalue weighted by Crippen LogP contribution is -2.00. The molecule has 0 aliphatic heterocycles. The molecule has 0 saturated carbocycles. The minimum absolute atomic E-state index is 0.568. The summed E-state index contributed by atoms with van der Waals surface area (Å²) in [6, 6.07) is 111. The summed E-state index contributed by atoms with van der Waals surface area (Å²) in [6.07, 6.45) is 9.13. The molecule has 0 aliphatic rings. The van der Waals surface area contributed by atoms with Crippen molar-refractivity contribution < 1.29 is 26.5 Å². The van der Waals surface area contributed by atoms with E-state index in [-0.39, 0.29) is 0 Å². The Balaban J connectivity index is 0.000000103. The predicted molar refractivity (Wildman–Crippen MR) is 498 cm³/mol. The number of para-hydroxylation sites is 3. The standard InChI is InChI=1S/3C36H20N4O2/c1-2-8-21(9-3-1)34-38-35(23-15-16-25-24-11-4-5-13-29(24)41-31(25)19-23)40-36(39-34)26-12-6-14-30-33(26)27-20-28-22(10-7-17-37-28)18-32(27)42-30;1-2-7-21(8-3-1)34-38-35(23-13-14-26-25-9-4-5-11-29(25)41-31(26)19-23)40-36(39-34)27-10-6-12-30-33(27)28-17-24-20-37-16-15-22(24)18-32(28)42-30;1-2-7-21(8-3-1)34-38-35(23-13-14-26-25-9-4-5-11-29(25)41-31(26)18-23)40-36(39-34)27-10-6-12-30-33(27)28-17-22-15-16-37-20-24(22)19-32(28)42-30/h3*1-20H. The van der Waals surface area contributed by atoms with E-state index in [9.17, 15) is 0 Å². The zero-order valence-corrected chi connectivity index (χ0v) is 66.5. The van der Waals surface area contributed by atoms with Gasteiger partial charge in [-0.25, -0.2) is 44.9 Å². The van der Waals surface area contributed by atoms with Gasteiger partial charge in [-0.1, -0.05) is 206 Å². The molecule has 0 radical (unpaired) electrons. The van der Waals surface area contributed by atoms with Gasteiger partial charge in [-0.3, -0.25) is 15.0 Å². The van der Waals surface area contributed by atoms with E-state index in [0.717, 1.165) is 214 Å². The number of hydrogen-bond acceptors (Lipinski definition) is 18. The Morgan fingerprint density at radius 1 is 0.167 bits per heavy atom. The van der Waals surface area contributed by atoms with E-state index in [2.05, 4.69) is 75.6 Å². The van der Waals surface area contributed by atoms with Crippen molar-refractivity contribution in [2.24, 2.45) is 0 Å². The Morgan fingerprint density at radius 3 is 0.881 bits per heavy atom. The lowest BCUT2D eigenvalue weighted by atomic mass is 10.0. The smallest absolute Gasteiger partial charge is 0.164 e. The third-order valence-corrected chi connectivity index (χ3v) is 23.4. The molecule has 126 heavy (non-hydrogen) atoms. The molecule has 27 rings (SSSR count). The number of benzene rings is 15. The van der Waals surface area contributed by atoms with Gasteiger partial charge in [0.1, 0.15) is 67.0 Å². The molecule has 0 saturated heterocycles. The lowest BCUT2D eigenvalue weighted by Gasteiger charge is -2.09. The summed E-state index contributed by atoms with van der Waals surface area (Å²) in [4.78, 5) is 58.1. The van der Waals surface area contributed by atoms with Crippen LogP contribution in [0.4, 0.5) is 0 Å². The molecule has 18 heteroatoms. The summed E-state index contributed by atoms with van der Waals surface area (Å²) in [6.45, 7) is 0. The summed E-state index contributed by atoms with van der Waals surface area (Å²) in [5.74, 6) is 5.22. The Labute approximate surface area is 713 Å². The van der Waals surface area contributed by atoms with E-state index < -0.39 is 0 Å². The first kappa shape index (κ1) is 71.3. The van der Waals surface area contributed by atoms with Crippen molar-refractivity contribution in [1.29, 1.82) is 0 Å². The van der Waals surface area contributed by atoms with Crippen LogP contribution in [0.15, 0.2) is 391 Å². The van der Waals surface area contributed by atoms with Gasteiger partial charge in [0.05, 0.1) is 5.52 Å². The zero-order valence-electron chi connectivity index (χ0n) is 66.5. The van der Waals surface area contributed by atoms with Crippen LogP contribution in [-0.2, 0) is 0 Å². The van der Waals surface area contributed by atoms with Crippen LogP contribution in [0.2, 0.25) is 0 Å². The molecule has 0 bridgehead atoms. The monoisotopic (exact) mass is 1620 g/mol. The second-order valence-corrected chi connectivity index (χ2v) is 31.0. The number of fused-ring (bicyclic) bond motifs is 21. The van der Waals surface area contributed by atoms with Crippen molar-refractivity contribution in [3.05, 3.63) is 365 Å². The average Bonchev–Trinajstić information content (AvgIpc) is 1.62. The molecule has 15 aromatic carbocycles. The molecular weight excluding hydrogens is 1560 g/mol. The van der Waals surface area contributed by atoms with Gasteiger partial charge in [0, 0.05) is 162 Å². The second kappa shape index (κ2) is 29.1. The normalized spacial score (nSPS) is 11.8. The van der Waals surface area contributed by atoms with Crippen molar-refractivity contribution in [1.82, 2.24) is 59.8 Å². The molecule has 18 nitrogen and oxygen atoms in total. The third kappa shape index (κ3) is 12.3. The summed E-state index contributed by atoms with van der Waals surface area (Å²) >= 11 is 0. The molecule has 12 aromatic heterocycles. The van der Waals surface area contributed by atoms with Gasteiger partial charge in [-0.15, -0.1) is 0 Å². The highest BCUT2D eigenvalue weighted by molar-refractivity contribution is 6.18. The topological polar surface area (TPSA) is 234 Å². The molecule has 0 N–H and O–H groups in total. The molecule has 0 fully saturated rings. The van der Waals surface area contributed by atoms with Crippen LogP contribution in [0.1, 0.15) is 0 Å². The van der Waals surface area contributed by atoms with E-state index in [4.69, 9.17) is 71.4 Å². The summed E-state index contributed by atoms with van der Waals surface area (Å²) in [5.41, 5.74) is 18.5. The van der Waals surface area contributed by atoms with Gasteiger partial charge in [0.2, 0.25) is 0 Å². The first-order chi connectivity index (χ1) is 62.3. The number of hydrogen-bond donors (Lipinski definition) is 0. The molecule has 0 amide bonds. The third-order valence-electron chi connectivity index (χ3n) is 23.4. The number of pyridine rings is 3. The van der Waals surface area contributed by atoms with Crippen molar-refractivity contribution in [2.75, 3.05) is 0 Å². The van der Waals surface area contributed by atoms with Gasteiger partial charge in [0.15, 0.2) is 52.4 Å². The molecular formula is C108H60N12O6. The number of rotatable bonds is 9. The predicted octanol–water partition coefficient (Wildman–Crippen LogP) is 27.7. The van der Waals surface area contributed by atoms with E-state index in [0.29, 0.717) is 52.4 Å². The highest BCUT2D eigenvalue weighted by Crippen LogP contribution is 2.45. The fourth-order valence-corrected chi connectivity index (χ4v) is 17.4. The molecule has 0 aliphatic carbocycles. The molecule has 588 valence electrons. The molecule has 0 unspecified atom stereocenters. The highest BCUT2D eigenvalue weighted by atomic mass is 16.3. The second-order valence-electron chi connectivity index (χ2n) is 31.0. The summed E-state index contributed by atoms with van der Waals surface area (Å²) in [7, 11) is 0. The van der Waals surface area contributed by atoms with Crippen LogP contribution < -0.4 is 0 Å². The zero-order chi connectivity index (χ0) is 82.9. The fourth-order valence-electron chi connectivity index (χ4n) is 17.4. The van der Waals surface area contributed by atoms with Gasteiger partial charge >= 0.3 is 0 Å². The maximum Gasteiger partial charge on any atom is 0.164 e. The van der Waals surface area contributed by atoms with Crippen LogP contribution in [0.5, 0.6) is 0 Å². The first-order valence-electron chi connectivity index (χ1n) is 41.1. The van der Waals surface area contributed by atoms with Gasteiger partial charge < -0.3 is 26.5 Å². The minimum atomic E-state index is 0.568. The van der Waals surface area contributed by atoms with E-state index in [1.165, 1.54) is 0 Å². The molecule has 27 aromatic rings. The van der Waals surface area contributed by atoms with Crippen LogP contribution in [0, 0.1) is 0 Å². The van der Waals surface area contributed by atoms with Gasteiger partial charge in [-0.05, 0) is 138 Å². The highest BCUT2D eigenvalue weighted by Gasteiger charge is 2.25. The largest absolute Gasteiger partial charge is 0.456 e. The van der Waals surface area contributed by atoms with Gasteiger partial charge in [0.25, 0.3) is 0 Å². The fraction of sp³-hybridized carbons (Fsp3) is 0. The molecule has 12 heterocycles. The maximum atomic E-state index is 6.33. The summed E-state index contributed by atoms with van der Waals surface area (Å²) < 4.78 is 37.5. The van der Waals surface area contributed by atoms with Crippen molar-refractivity contribution in [3.8, 4) is 102 Å². The Hall–Kier alpha value is -17.6. The molecule has 0 spiro atoms. The Kier molecular flexibility index (Phi) is 16.5. The Bertz CT molecular complexity index is 8270. The number of aromatic nitrogens is 12. The van der Waals surface area contributed by atoms with Crippen LogP contribution in [0.25, 0.3) is 267 Å². The lowest BCUT2D eigenvalue weighted by molar-refractivity contribution is 0.668. The SMILES string of the molecule is c1ccc(-c2nc(-c3ccc4c(c3)oc3ccccc34)nc(-c3cccc4oc5cc6cccnc6cc5c34)n2)cc1.c1ccc(-c2nc(-c3ccc4c(c3)oc3ccccc34)nc(-c3cccc4oc5cc6ccncc6cc5c34)n2)cc1.c1ccc(-c2nc(-c3ccc4c(c3)oc3ccccc34)nc(-c3cccc4oc5cc6cnccc6cc5c34)n2)cc1. The van der Waals surface area contributed by atoms with Crippen LogP contribution in [0.3, 0.4) is 0 Å². The van der Waals surface area contributed by atoms with E-state index >= 15 is 0 Å². The van der Waals surface area contributed by atoms with Crippen LogP contribution >= 0.6 is 0 Å². The quantitative estimate of drug-likeness (QED) is 0.131. The minimum Gasteiger partial charge on any atom is -0.456 e.